The molecule has 0 radical (unpaired) electrons. The van der Waals surface area contributed by atoms with Crippen LogP contribution in [0.25, 0.3) is 22.1 Å². The van der Waals surface area contributed by atoms with E-state index in [1.54, 1.807) is 48.5 Å². The van der Waals surface area contributed by atoms with Gasteiger partial charge in [0.05, 0.1) is 10.9 Å². The van der Waals surface area contributed by atoms with Gasteiger partial charge < -0.3 is 9.52 Å². The molecule has 0 bridgehead atoms. The van der Waals surface area contributed by atoms with E-state index in [-0.39, 0.29) is 16.8 Å². The van der Waals surface area contributed by atoms with Gasteiger partial charge in [0, 0.05) is 0 Å². The molecular weight excluding hydrogens is 292 g/mol. The standard InChI is InChI=1S/C19H14O4/c1-2-13(19(21)22)18-16(12-8-4-3-5-9-12)17(20)14-10-6-7-11-15(14)23-18/h2-11,13H,1H2,(H,21,22). The lowest BCUT2D eigenvalue weighted by atomic mass is 9.95. The van der Waals surface area contributed by atoms with Gasteiger partial charge >= 0.3 is 5.97 Å². The third-order valence-corrected chi connectivity index (χ3v) is 3.67. The van der Waals surface area contributed by atoms with E-state index in [9.17, 15) is 14.7 Å². The van der Waals surface area contributed by atoms with Crippen molar-refractivity contribution in [2.45, 2.75) is 5.92 Å². The third-order valence-electron chi connectivity index (χ3n) is 3.67. The summed E-state index contributed by atoms with van der Waals surface area (Å²) in [6.07, 6.45) is 1.27. The zero-order chi connectivity index (χ0) is 16.4. The van der Waals surface area contributed by atoms with Crippen molar-refractivity contribution in [2.75, 3.05) is 0 Å². The maximum absolute atomic E-state index is 12.9. The third kappa shape index (κ3) is 2.55. The van der Waals surface area contributed by atoms with Gasteiger partial charge in [0.25, 0.3) is 0 Å². The Morgan fingerprint density at radius 1 is 1.09 bits per heavy atom. The van der Waals surface area contributed by atoms with E-state index in [1.165, 1.54) is 6.08 Å². The van der Waals surface area contributed by atoms with Crippen molar-refractivity contribution in [1.82, 2.24) is 0 Å². The number of carboxylic acid groups (broad SMARTS) is 1. The molecule has 114 valence electrons. The van der Waals surface area contributed by atoms with Crippen molar-refractivity contribution in [3.8, 4) is 11.1 Å². The number of para-hydroxylation sites is 1. The second-order valence-corrected chi connectivity index (χ2v) is 5.08. The molecule has 0 saturated heterocycles. The van der Waals surface area contributed by atoms with Gasteiger partial charge in [0.2, 0.25) is 5.43 Å². The highest BCUT2D eigenvalue weighted by molar-refractivity contribution is 5.87. The number of carbonyl (C=O) groups is 1. The average molecular weight is 306 g/mol. The summed E-state index contributed by atoms with van der Waals surface area (Å²) in [5, 5.41) is 9.85. The van der Waals surface area contributed by atoms with Crippen molar-refractivity contribution < 1.29 is 14.3 Å². The number of rotatable bonds is 4. The van der Waals surface area contributed by atoms with Crippen molar-refractivity contribution in [1.29, 1.82) is 0 Å². The molecule has 1 aromatic heterocycles. The number of aliphatic carboxylic acids is 1. The monoisotopic (exact) mass is 306 g/mol. The Morgan fingerprint density at radius 3 is 2.39 bits per heavy atom. The molecule has 1 N–H and O–H groups in total. The second-order valence-electron chi connectivity index (χ2n) is 5.08. The minimum absolute atomic E-state index is 0.0994. The molecule has 3 aromatic rings. The van der Waals surface area contributed by atoms with Crippen LogP contribution < -0.4 is 5.43 Å². The summed E-state index contributed by atoms with van der Waals surface area (Å²) < 4.78 is 5.79. The van der Waals surface area contributed by atoms with Gasteiger partial charge in [-0.3, -0.25) is 9.59 Å². The first-order chi connectivity index (χ1) is 11.1. The van der Waals surface area contributed by atoms with Gasteiger partial charge in [0.1, 0.15) is 17.3 Å². The Kier molecular flexibility index (Phi) is 3.81. The van der Waals surface area contributed by atoms with E-state index in [0.29, 0.717) is 16.5 Å². The molecule has 2 aromatic carbocycles. The summed E-state index contributed by atoms with van der Waals surface area (Å²) in [7, 11) is 0. The van der Waals surface area contributed by atoms with Gasteiger partial charge in [-0.05, 0) is 17.7 Å². The molecular formula is C19H14O4. The van der Waals surface area contributed by atoms with Gasteiger partial charge in [-0.15, -0.1) is 6.58 Å². The van der Waals surface area contributed by atoms with Gasteiger partial charge in [-0.2, -0.15) is 0 Å². The molecule has 0 aliphatic heterocycles. The highest BCUT2D eigenvalue weighted by atomic mass is 16.4. The maximum Gasteiger partial charge on any atom is 0.318 e. The molecule has 0 aliphatic rings. The summed E-state index contributed by atoms with van der Waals surface area (Å²) in [4.78, 5) is 24.4. The Hall–Kier alpha value is -3.14. The Balaban J connectivity index is 2.43. The fraction of sp³-hybridized carbons (Fsp3) is 0.0526. The Morgan fingerprint density at radius 2 is 1.74 bits per heavy atom. The molecule has 0 saturated carbocycles. The highest BCUT2D eigenvalue weighted by Gasteiger charge is 2.26. The minimum Gasteiger partial charge on any atom is -0.480 e. The first-order valence-electron chi connectivity index (χ1n) is 7.10. The second kappa shape index (κ2) is 5.93. The largest absolute Gasteiger partial charge is 0.480 e. The van der Waals surface area contributed by atoms with Crippen LogP contribution >= 0.6 is 0 Å². The van der Waals surface area contributed by atoms with Crippen LogP contribution in [0.3, 0.4) is 0 Å². The number of fused-ring (bicyclic) bond motifs is 1. The number of hydrogen-bond donors (Lipinski definition) is 1. The van der Waals surface area contributed by atoms with E-state index in [0.717, 1.165) is 0 Å². The van der Waals surface area contributed by atoms with E-state index in [2.05, 4.69) is 6.58 Å². The van der Waals surface area contributed by atoms with Gasteiger partial charge in [-0.25, -0.2) is 0 Å². The predicted molar refractivity (Wildman–Crippen MR) is 88.5 cm³/mol. The lowest BCUT2D eigenvalue weighted by Crippen LogP contribution is -2.16. The number of carboxylic acids is 1. The molecule has 1 unspecified atom stereocenters. The SMILES string of the molecule is C=CC(C(=O)O)c1oc2ccccc2c(=O)c1-c1ccccc1. The number of benzene rings is 2. The van der Waals surface area contributed by atoms with E-state index in [4.69, 9.17) is 4.42 Å². The maximum atomic E-state index is 12.9. The fourth-order valence-electron chi connectivity index (χ4n) is 2.58. The highest BCUT2D eigenvalue weighted by Crippen LogP contribution is 2.30. The summed E-state index contributed by atoms with van der Waals surface area (Å²) >= 11 is 0. The van der Waals surface area contributed by atoms with E-state index >= 15 is 0 Å². The van der Waals surface area contributed by atoms with Crippen molar-refractivity contribution >= 4 is 16.9 Å². The van der Waals surface area contributed by atoms with E-state index < -0.39 is 11.9 Å². The van der Waals surface area contributed by atoms with Crippen LogP contribution in [0.5, 0.6) is 0 Å². The molecule has 1 atom stereocenters. The van der Waals surface area contributed by atoms with Gasteiger partial charge in [-0.1, -0.05) is 48.5 Å². The molecule has 3 rings (SSSR count). The van der Waals surface area contributed by atoms with Crippen LogP contribution in [0.1, 0.15) is 11.7 Å². The lowest BCUT2D eigenvalue weighted by Gasteiger charge is -2.13. The van der Waals surface area contributed by atoms with Crippen LogP contribution in [0.2, 0.25) is 0 Å². The predicted octanol–water partition coefficient (Wildman–Crippen LogP) is 3.81. The van der Waals surface area contributed by atoms with Crippen LogP contribution in [0.15, 0.2) is 76.5 Å². The zero-order valence-corrected chi connectivity index (χ0v) is 12.2. The minimum atomic E-state index is -1.12. The summed E-state index contributed by atoms with van der Waals surface area (Å²) in [6.45, 7) is 3.56. The summed E-state index contributed by atoms with van der Waals surface area (Å²) in [5.74, 6) is -2.11. The molecule has 0 aliphatic carbocycles. The smallest absolute Gasteiger partial charge is 0.318 e. The van der Waals surface area contributed by atoms with Crippen molar-refractivity contribution in [3.63, 3.8) is 0 Å². The Bertz CT molecular complexity index is 938. The first-order valence-corrected chi connectivity index (χ1v) is 7.10. The van der Waals surface area contributed by atoms with E-state index in [1.807, 2.05) is 6.07 Å². The topological polar surface area (TPSA) is 67.5 Å². The summed E-state index contributed by atoms with van der Waals surface area (Å²) in [6, 6.07) is 15.7. The van der Waals surface area contributed by atoms with Crippen LogP contribution in [0.4, 0.5) is 0 Å². The summed E-state index contributed by atoms with van der Waals surface area (Å²) in [5.41, 5.74) is 0.994. The fourth-order valence-corrected chi connectivity index (χ4v) is 2.58. The molecule has 0 spiro atoms. The van der Waals surface area contributed by atoms with Crippen LogP contribution in [-0.2, 0) is 4.79 Å². The molecule has 1 heterocycles. The quantitative estimate of drug-likeness (QED) is 0.744. The van der Waals surface area contributed by atoms with Crippen molar-refractivity contribution in [3.05, 3.63) is 83.2 Å². The number of hydrogen-bond acceptors (Lipinski definition) is 3. The molecule has 23 heavy (non-hydrogen) atoms. The normalized spacial score (nSPS) is 12.0. The first kappa shape index (κ1) is 14.8. The lowest BCUT2D eigenvalue weighted by molar-refractivity contribution is -0.137. The molecule has 4 nitrogen and oxygen atoms in total. The van der Waals surface area contributed by atoms with Gasteiger partial charge in [0.15, 0.2) is 0 Å². The average Bonchev–Trinajstić information content (AvgIpc) is 2.56. The molecule has 4 heteroatoms. The van der Waals surface area contributed by atoms with Crippen LogP contribution in [-0.4, -0.2) is 11.1 Å². The van der Waals surface area contributed by atoms with Crippen LogP contribution in [0, 0.1) is 0 Å². The molecule has 0 fully saturated rings. The van der Waals surface area contributed by atoms with Crippen molar-refractivity contribution in [2.24, 2.45) is 0 Å². The Labute approximate surface area is 132 Å². The molecule has 0 amide bonds. The zero-order valence-electron chi connectivity index (χ0n) is 12.2.